The van der Waals surface area contributed by atoms with E-state index in [0.717, 1.165) is 11.8 Å². The van der Waals surface area contributed by atoms with E-state index in [-0.39, 0.29) is 11.3 Å². The van der Waals surface area contributed by atoms with Gasteiger partial charge < -0.3 is 10.4 Å². The molecule has 2 N–H and O–H groups in total. The summed E-state index contributed by atoms with van der Waals surface area (Å²) in [5.41, 5.74) is 1.34. The number of anilines is 1. The lowest BCUT2D eigenvalue weighted by Crippen LogP contribution is -2.09. The predicted molar refractivity (Wildman–Crippen MR) is 75.3 cm³/mol. The molecule has 1 aromatic carbocycles. The Balaban J connectivity index is 2.35. The summed E-state index contributed by atoms with van der Waals surface area (Å²) in [6.07, 6.45) is 1.64. The highest BCUT2D eigenvalue weighted by Gasteiger charge is 2.19. The maximum Gasteiger partial charge on any atom is 0.336 e. The van der Waals surface area contributed by atoms with Crippen molar-refractivity contribution in [2.75, 3.05) is 5.32 Å². The Bertz CT molecular complexity index is 708. The summed E-state index contributed by atoms with van der Waals surface area (Å²) < 4.78 is 1.66. The van der Waals surface area contributed by atoms with Gasteiger partial charge in [-0.15, -0.1) is 0 Å². The van der Waals surface area contributed by atoms with Crippen LogP contribution in [-0.4, -0.2) is 25.8 Å². The number of aromatic nitrogens is 2. The predicted octanol–water partition coefficient (Wildman–Crippen LogP) is 1.95. The summed E-state index contributed by atoms with van der Waals surface area (Å²) in [5.74, 6) is -1.21. The maximum atomic E-state index is 11.1. The molecule has 0 saturated heterocycles. The van der Waals surface area contributed by atoms with Crippen LogP contribution in [0.4, 0.5) is 11.4 Å². The fraction of sp³-hybridized carbons (Fsp3) is 0.231. The first-order valence-corrected chi connectivity index (χ1v) is 6.13. The lowest BCUT2D eigenvalue weighted by Gasteiger charge is -2.11. The molecule has 0 amide bonds. The fourth-order valence-corrected chi connectivity index (χ4v) is 1.96. The van der Waals surface area contributed by atoms with Gasteiger partial charge in [-0.25, -0.2) is 4.79 Å². The average molecular weight is 290 g/mol. The van der Waals surface area contributed by atoms with Crippen molar-refractivity contribution in [3.05, 3.63) is 51.3 Å². The van der Waals surface area contributed by atoms with Gasteiger partial charge in [-0.05, 0) is 19.1 Å². The highest BCUT2D eigenvalue weighted by molar-refractivity contribution is 5.90. The molecule has 0 saturated carbocycles. The van der Waals surface area contributed by atoms with E-state index in [2.05, 4.69) is 10.4 Å². The number of aryl methyl sites for hydroxylation is 1. The molecule has 0 unspecified atom stereocenters. The summed E-state index contributed by atoms with van der Waals surface area (Å²) in [6, 6.07) is 4.26. The van der Waals surface area contributed by atoms with Crippen molar-refractivity contribution in [1.82, 2.24) is 9.78 Å². The maximum absolute atomic E-state index is 11.1. The monoisotopic (exact) mass is 290 g/mol. The van der Waals surface area contributed by atoms with Gasteiger partial charge in [-0.1, -0.05) is 0 Å². The van der Waals surface area contributed by atoms with Crippen LogP contribution in [0.3, 0.4) is 0 Å². The second-order valence-electron chi connectivity index (χ2n) is 4.53. The first kappa shape index (κ1) is 14.5. The number of rotatable bonds is 5. The van der Waals surface area contributed by atoms with Crippen LogP contribution in [-0.2, 0) is 13.6 Å². The quantitative estimate of drug-likeness (QED) is 0.643. The highest BCUT2D eigenvalue weighted by Crippen LogP contribution is 2.28. The third kappa shape index (κ3) is 2.99. The summed E-state index contributed by atoms with van der Waals surface area (Å²) in [6.45, 7) is 1.97. The normalized spacial score (nSPS) is 10.4. The number of benzene rings is 1. The van der Waals surface area contributed by atoms with E-state index in [1.165, 1.54) is 6.07 Å². The van der Waals surface area contributed by atoms with Crippen LogP contribution in [0, 0.1) is 17.0 Å². The fourth-order valence-electron chi connectivity index (χ4n) is 1.96. The number of hydrogen-bond donors (Lipinski definition) is 2. The van der Waals surface area contributed by atoms with E-state index in [4.69, 9.17) is 5.11 Å². The molecule has 0 aliphatic carbocycles. The molecule has 0 aliphatic rings. The Morgan fingerprint density at radius 2 is 2.24 bits per heavy atom. The molecule has 0 fully saturated rings. The molecule has 0 spiro atoms. The van der Waals surface area contributed by atoms with Crippen LogP contribution >= 0.6 is 0 Å². The van der Waals surface area contributed by atoms with Crippen molar-refractivity contribution >= 4 is 17.3 Å². The topological polar surface area (TPSA) is 110 Å². The molecule has 2 rings (SSSR count). The zero-order chi connectivity index (χ0) is 15.6. The van der Waals surface area contributed by atoms with Gasteiger partial charge in [0.05, 0.1) is 22.7 Å². The van der Waals surface area contributed by atoms with E-state index in [0.29, 0.717) is 17.8 Å². The van der Waals surface area contributed by atoms with Crippen molar-refractivity contribution in [3.63, 3.8) is 0 Å². The number of nitrogens with one attached hydrogen (secondary N) is 1. The largest absolute Gasteiger partial charge is 0.478 e. The average Bonchev–Trinajstić information content (AvgIpc) is 2.82. The van der Waals surface area contributed by atoms with Crippen molar-refractivity contribution in [2.24, 2.45) is 7.05 Å². The molecule has 0 atom stereocenters. The van der Waals surface area contributed by atoms with Crippen LogP contribution in [0.15, 0.2) is 24.4 Å². The Morgan fingerprint density at radius 1 is 1.52 bits per heavy atom. The SMILES string of the molecule is Cc1c(NCc2ccnn2C)cc(C(=O)O)cc1[N+](=O)[O-]. The third-order valence-electron chi connectivity index (χ3n) is 3.21. The zero-order valence-corrected chi connectivity index (χ0v) is 11.5. The molecule has 110 valence electrons. The Labute approximate surface area is 120 Å². The number of carboxylic acid groups (broad SMARTS) is 1. The minimum Gasteiger partial charge on any atom is -0.478 e. The van der Waals surface area contributed by atoms with E-state index in [9.17, 15) is 14.9 Å². The summed E-state index contributed by atoms with van der Waals surface area (Å²) in [5, 5.41) is 27.1. The lowest BCUT2D eigenvalue weighted by atomic mass is 10.1. The lowest BCUT2D eigenvalue weighted by molar-refractivity contribution is -0.385. The van der Waals surface area contributed by atoms with Gasteiger partial charge in [-0.3, -0.25) is 14.8 Å². The Morgan fingerprint density at radius 3 is 2.76 bits per heavy atom. The van der Waals surface area contributed by atoms with Crippen molar-refractivity contribution in [3.8, 4) is 0 Å². The van der Waals surface area contributed by atoms with Crippen LogP contribution in [0.25, 0.3) is 0 Å². The van der Waals surface area contributed by atoms with Gasteiger partial charge >= 0.3 is 5.97 Å². The zero-order valence-electron chi connectivity index (χ0n) is 11.5. The van der Waals surface area contributed by atoms with Crippen molar-refractivity contribution in [2.45, 2.75) is 13.5 Å². The van der Waals surface area contributed by atoms with Crippen LogP contribution in [0.2, 0.25) is 0 Å². The van der Waals surface area contributed by atoms with Gasteiger partial charge in [0, 0.05) is 30.6 Å². The number of hydrogen-bond acceptors (Lipinski definition) is 5. The van der Waals surface area contributed by atoms with Gasteiger partial charge in [-0.2, -0.15) is 5.10 Å². The number of carboxylic acids is 1. The number of carbonyl (C=O) groups is 1. The minimum atomic E-state index is -1.21. The molecule has 0 bridgehead atoms. The Hall–Kier alpha value is -2.90. The molecule has 2 aromatic rings. The van der Waals surface area contributed by atoms with Gasteiger partial charge in [0.2, 0.25) is 0 Å². The second-order valence-corrected chi connectivity index (χ2v) is 4.53. The summed E-state index contributed by atoms with van der Waals surface area (Å²) >= 11 is 0. The first-order chi connectivity index (χ1) is 9.90. The number of nitro groups is 1. The summed E-state index contributed by atoms with van der Waals surface area (Å²) in [4.78, 5) is 21.5. The molecule has 8 nitrogen and oxygen atoms in total. The molecule has 1 aromatic heterocycles. The van der Waals surface area contributed by atoms with Crippen LogP contribution < -0.4 is 5.32 Å². The van der Waals surface area contributed by atoms with E-state index in [1.807, 2.05) is 0 Å². The van der Waals surface area contributed by atoms with E-state index in [1.54, 1.807) is 30.9 Å². The smallest absolute Gasteiger partial charge is 0.336 e. The number of aromatic carboxylic acids is 1. The molecular weight excluding hydrogens is 276 g/mol. The van der Waals surface area contributed by atoms with E-state index >= 15 is 0 Å². The molecular formula is C13H14N4O4. The highest BCUT2D eigenvalue weighted by atomic mass is 16.6. The standard InChI is InChI=1S/C13H14N4O4/c1-8-11(14-7-10-3-4-15-16(10)2)5-9(13(18)19)6-12(8)17(20)21/h3-6,14H,7H2,1-2H3,(H,18,19). The minimum absolute atomic E-state index is 0.125. The molecule has 0 radical (unpaired) electrons. The molecule has 1 heterocycles. The van der Waals surface area contributed by atoms with Crippen LogP contribution in [0.5, 0.6) is 0 Å². The second kappa shape index (κ2) is 5.61. The van der Waals surface area contributed by atoms with Crippen molar-refractivity contribution < 1.29 is 14.8 Å². The van der Waals surface area contributed by atoms with E-state index < -0.39 is 10.9 Å². The Kier molecular flexibility index (Phi) is 3.88. The first-order valence-electron chi connectivity index (χ1n) is 6.13. The third-order valence-corrected chi connectivity index (χ3v) is 3.21. The molecule has 21 heavy (non-hydrogen) atoms. The van der Waals surface area contributed by atoms with Crippen LogP contribution in [0.1, 0.15) is 21.6 Å². The number of nitro benzene ring substituents is 1. The van der Waals surface area contributed by atoms with Gasteiger partial charge in [0.15, 0.2) is 0 Å². The number of nitrogens with zero attached hydrogens (tertiary/aromatic N) is 3. The molecule has 0 aliphatic heterocycles. The van der Waals surface area contributed by atoms with Crippen molar-refractivity contribution in [1.29, 1.82) is 0 Å². The summed E-state index contributed by atoms with van der Waals surface area (Å²) in [7, 11) is 1.78. The van der Waals surface area contributed by atoms with Gasteiger partial charge in [0.1, 0.15) is 0 Å². The van der Waals surface area contributed by atoms with Gasteiger partial charge in [0.25, 0.3) is 5.69 Å². The molecule has 8 heteroatoms.